The molecule has 1 aromatic rings. The van der Waals surface area contributed by atoms with Gasteiger partial charge < -0.3 is 0 Å². The van der Waals surface area contributed by atoms with Crippen LogP contribution in [0.2, 0.25) is 0 Å². The predicted molar refractivity (Wildman–Crippen MR) is 105 cm³/mol. The first-order chi connectivity index (χ1) is 11.1. The molecule has 0 saturated heterocycles. The lowest BCUT2D eigenvalue weighted by molar-refractivity contribution is 0.757. The van der Waals surface area contributed by atoms with Gasteiger partial charge in [-0.05, 0) is 48.8 Å². The maximum absolute atomic E-state index is 2.51. The van der Waals surface area contributed by atoms with Crippen LogP contribution in [0.25, 0.3) is 0 Å². The zero-order valence-electron chi connectivity index (χ0n) is 15.7. The van der Waals surface area contributed by atoms with Gasteiger partial charge in [-0.25, -0.2) is 0 Å². The summed E-state index contributed by atoms with van der Waals surface area (Å²) in [6.45, 7) is 11.2. The van der Waals surface area contributed by atoms with Gasteiger partial charge in [0.05, 0.1) is 0 Å². The van der Waals surface area contributed by atoms with Gasteiger partial charge in [0.15, 0.2) is 0 Å². The average molecular weight is 311 g/mol. The summed E-state index contributed by atoms with van der Waals surface area (Å²) < 4.78 is 0. The van der Waals surface area contributed by atoms with Crippen molar-refractivity contribution in [2.75, 3.05) is 0 Å². The van der Waals surface area contributed by atoms with Crippen LogP contribution in [0.3, 0.4) is 0 Å². The van der Waals surface area contributed by atoms with Gasteiger partial charge in [0.1, 0.15) is 0 Å². The molecule has 0 aliphatic rings. The summed E-state index contributed by atoms with van der Waals surface area (Å²) in [5, 5.41) is 0. The molecule has 126 valence electrons. The normalized spacial score (nSPS) is 14.7. The van der Waals surface area contributed by atoms with E-state index in [1.807, 2.05) is 0 Å². The molecule has 1 unspecified atom stereocenters. The average Bonchev–Trinajstić information content (AvgIpc) is 2.55. The van der Waals surface area contributed by atoms with Crippen LogP contribution in [0, 0.1) is 5.92 Å². The third-order valence-corrected chi connectivity index (χ3v) is 4.10. The van der Waals surface area contributed by atoms with Crippen LogP contribution in [-0.2, 0) is 0 Å². The number of rotatable bonds is 9. The topological polar surface area (TPSA) is 0 Å². The molecule has 1 atom stereocenters. The Morgan fingerprint density at radius 3 is 2.26 bits per heavy atom. The highest BCUT2D eigenvalue weighted by molar-refractivity contribution is 5.42. The first-order valence-electron chi connectivity index (χ1n) is 9.22. The lowest BCUT2D eigenvalue weighted by Crippen LogP contribution is -1.98. The Labute approximate surface area is 144 Å². The van der Waals surface area contributed by atoms with Crippen molar-refractivity contribution in [3.05, 3.63) is 71.3 Å². The van der Waals surface area contributed by atoms with E-state index >= 15 is 0 Å². The SMILES string of the molecule is C\C=C/C(=C\C(C)C)C(=C/C(CC)c1ccccc1)/CCCC. The summed E-state index contributed by atoms with van der Waals surface area (Å²) in [6.07, 6.45) is 14.2. The van der Waals surface area contributed by atoms with Gasteiger partial charge in [-0.2, -0.15) is 0 Å². The molecule has 0 radical (unpaired) electrons. The monoisotopic (exact) mass is 310 g/mol. The van der Waals surface area contributed by atoms with Crippen LogP contribution in [0.1, 0.15) is 71.8 Å². The highest BCUT2D eigenvalue weighted by atomic mass is 14.2. The standard InChI is InChI=1S/C23H34/c1-6-9-14-23(22(13-7-2)17-19(4)5)18-20(8-3)21-15-11-10-12-16-21/h7,10-13,15-20H,6,8-9,14H2,1-5H3/b13-7-,22-17+,23-18+. The van der Waals surface area contributed by atoms with Gasteiger partial charge in [0.2, 0.25) is 0 Å². The van der Waals surface area contributed by atoms with Gasteiger partial charge in [-0.1, -0.05) is 88.8 Å². The second-order valence-corrected chi connectivity index (χ2v) is 6.59. The van der Waals surface area contributed by atoms with E-state index in [9.17, 15) is 0 Å². The fourth-order valence-corrected chi connectivity index (χ4v) is 2.89. The molecule has 0 aliphatic heterocycles. The zero-order valence-corrected chi connectivity index (χ0v) is 15.7. The van der Waals surface area contributed by atoms with Gasteiger partial charge in [-0.3, -0.25) is 0 Å². The molecule has 0 heterocycles. The van der Waals surface area contributed by atoms with Crippen molar-refractivity contribution in [3.8, 4) is 0 Å². The quantitative estimate of drug-likeness (QED) is 0.415. The molecule has 0 bridgehead atoms. The number of hydrogen-bond acceptors (Lipinski definition) is 0. The van der Waals surface area contributed by atoms with Gasteiger partial charge in [0.25, 0.3) is 0 Å². The van der Waals surface area contributed by atoms with Crippen LogP contribution in [0.5, 0.6) is 0 Å². The molecule has 0 spiro atoms. The van der Waals surface area contributed by atoms with Crippen molar-refractivity contribution >= 4 is 0 Å². The van der Waals surface area contributed by atoms with Crippen molar-refractivity contribution < 1.29 is 0 Å². The summed E-state index contributed by atoms with van der Waals surface area (Å²) >= 11 is 0. The van der Waals surface area contributed by atoms with Crippen molar-refractivity contribution in [2.24, 2.45) is 5.92 Å². The van der Waals surface area contributed by atoms with E-state index in [1.165, 1.54) is 36.0 Å². The van der Waals surface area contributed by atoms with Gasteiger partial charge >= 0.3 is 0 Å². The maximum atomic E-state index is 2.51. The number of benzene rings is 1. The molecule has 0 amide bonds. The van der Waals surface area contributed by atoms with Crippen molar-refractivity contribution in [2.45, 2.75) is 66.2 Å². The van der Waals surface area contributed by atoms with Gasteiger partial charge in [0, 0.05) is 5.92 Å². The lowest BCUT2D eigenvalue weighted by Gasteiger charge is -2.16. The summed E-state index contributed by atoms with van der Waals surface area (Å²) in [6, 6.07) is 10.9. The molecule has 0 fully saturated rings. The van der Waals surface area contributed by atoms with Crippen LogP contribution in [0.15, 0.2) is 65.8 Å². The molecule has 0 saturated carbocycles. The second kappa shape index (κ2) is 11.0. The summed E-state index contributed by atoms with van der Waals surface area (Å²) in [5.41, 5.74) is 4.34. The molecule has 0 aliphatic carbocycles. The van der Waals surface area contributed by atoms with E-state index < -0.39 is 0 Å². The summed E-state index contributed by atoms with van der Waals surface area (Å²) in [4.78, 5) is 0. The largest absolute Gasteiger partial charge is 0.0871 e. The minimum absolute atomic E-state index is 0.504. The first kappa shape index (κ1) is 19.5. The van der Waals surface area contributed by atoms with E-state index in [2.05, 4.69) is 89.3 Å². The van der Waals surface area contributed by atoms with Crippen LogP contribution in [-0.4, -0.2) is 0 Å². The minimum Gasteiger partial charge on any atom is -0.0871 e. The molecule has 23 heavy (non-hydrogen) atoms. The lowest BCUT2D eigenvalue weighted by atomic mass is 9.89. The Balaban J connectivity index is 3.20. The Morgan fingerprint density at radius 1 is 1.04 bits per heavy atom. The Morgan fingerprint density at radius 2 is 1.74 bits per heavy atom. The Hall–Kier alpha value is -1.56. The molecular formula is C23H34. The number of hydrogen-bond donors (Lipinski definition) is 0. The summed E-state index contributed by atoms with van der Waals surface area (Å²) in [5.74, 6) is 1.08. The van der Waals surface area contributed by atoms with E-state index in [0.29, 0.717) is 11.8 Å². The Bertz CT molecular complexity index is 514. The highest BCUT2D eigenvalue weighted by Gasteiger charge is 2.10. The third-order valence-electron chi connectivity index (χ3n) is 4.10. The molecule has 0 aromatic heterocycles. The minimum atomic E-state index is 0.504. The molecule has 0 N–H and O–H groups in total. The van der Waals surface area contributed by atoms with Crippen molar-refractivity contribution in [3.63, 3.8) is 0 Å². The predicted octanol–water partition coefficient (Wildman–Crippen LogP) is 7.46. The fourth-order valence-electron chi connectivity index (χ4n) is 2.89. The number of allylic oxidation sites excluding steroid dienone is 6. The molecule has 0 nitrogen and oxygen atoms in total. The van der Waals surface area contributed by atoms with Crippen LogP contribution < -0.4 is 0 Å². The molecular weight excluding hydrogens is 276 g/mol. The van der Waals surface area contributed by atoms with Crippen molar-refractivity contribution in [1.29, 1.82) is 0 Å². The molecule has 1 rings (SSSR count). The fraction of sp³-hybridized carbons (Fsp3) is 0.478. The van der Waals surface area contributed by atoms with Crippen LogP contribution in [0.4, 0.5) is 0 Å². The zero-order chi connectivity index (χ0) is 17.1. The smallest absolute Gasteiger partial charge is 0.00213 e. The van der Waals surface area contributed by atoms with E-state index in [4.69, 9.17) is 0 Å². The summed E-state index contributed by atoms with van der Waals surface area (Å²) in [7, 11) is 0. The van der Waals surface area contributed by atoms with Gasteiger partial charge in [-0.15, -0.1) is 0 Å². The Kier molecular flexibility index (Phi) is 9.36. The third kappa shape index (κ3) is 7.03. The number of unbranched alkanes of at least 4 members (excludes halogenated alkanes) is 1. The highest BCUT2D eigenvalue weighted by Crippen LogP contribution is 2.28. The maximum Gasteiger partial charge on any atom is 0.00213 e. The molecule has 0 heteroatoms. The van der Waals surface area contributed by atoms with E-state index in [-0.39, 0.29) is 0 Å². The van der Waals surface area contributed by atoms with Crippen LogP contribution >= 0.6 is 0 Å². The first-order valence-corrected chi connectivity index (χ1v) is 9.22. The van der Waals surface area contributed by atoms with E-state index in [1.54, 1.807) is 0 Å². The van der Waals surface area contributed by atoms with E-state index in [0.717, 1.165) is 6.42 Å². The second-order valence-electron chi connectivity index (χ2n) is 6.59. The molecule has 1 aromatic carbocycles. The van der Waals surface area contributed by atoms with Crippen molar-refractivity contribution in [1.82, 2.24) is 0 Å².